The van der Waals surface area contributed by atoms with Gasteiger partial charge in [-0.2, -0.15) is 0 Å². The number of nitrogens with one attached hydrogen (secondary N) is 2. The van der Waals surface area contributed by atoms with Crippen LogP contribution in [0.15, 0.2) is 60.7 Å². The molecule has 0 unspecified atom stereocenters. The van der Waals surface area contributed by atoms with Gasteiger partial charge in [0, 0.05) is 30.4 Å². The minimum Gasteiger partial charge on any atom is -0.382 e. The van der Waals surface area contributed by atoms with Gasteiger partial charge in [-0.05, 0) is 37.1 Å². The zero-order valence-corrected chi connectivity index (χ0v) is 12.5. The fraction of sp³-hybridized carbons (Fsp3) is 0.278. The van der Waals surface area contributed by atoms with Crippen molar-refractivity contribution in [2.45, 2.75) is 18.9 Å². The summed E-state index contributed by atoms with van der Waals surface area (Å²) in [5, 5.41) is 5.56. The smallest absolute Gasteiger partial charge is 0.265 e. The van der Waals surface area contributed by atoms with Crippen LogP contribution in [0, 0.1) is 0 Å². The zero-order valence-electron chi connectivity index (χ0n) is 12.5. The van der Waals surface area contributed by atoms with Crippen LogP contribution in [0.5, 0.6) is 0 Å². The third-order valence-corrected chi connectivity index (χ3v) is 3.94. The van der Waals surface area contributed by atoms with Gasteiger partial charge in [-0.25, -0.2) is 5.01 Å². The van der Waals surface area contributed by atoms with Crippen LogP contribution in [-0.4, -0.2) is 30.0 Å². The van der Waals surface area contributed by atoms with E-state index in [2.05, 4.69) is 22.9 Å². The monoisotopic (exact) mass is 295 g/mol. The van der Waals surface area contributed by atoms with Crippen LogP contribution in [0.4, 0.5) is 5.69 Å². The highest BCUT2D eigenvalue weighted by Crippen LogP contribution is 2.15. The second-order valence-electron chi connectivity index (χ2n) is 5.58. The van der Waals surface area contributed by atoms with Gasteiger partial charge in [0.15, 0.2) is 0 Å². The number of para-hydroxylation sites is 1. The molecule has 0 spiro atoms. The van der Waals surface area contributed by atoms with Crippen molar-refractivity contribution < 1.29 is 4.79 Å². The molecule has 114 valence electrons. The molecule has 1 aliphatic rings. The molecule has 4 nitrogen and oxygen atoms in total. The lowest BCUT2D eigenvalue weighted by Gasteiger charge is -2.32. The molecule has 0 aromatic heterocycles. The van der Waals surface area contributed by atoms with E-state index >= 15 is 0 Å². The number of carbonyl (C=O) groups is 1. The zero-order chi connectivity index (χ0) is 15.2. The Hall–Kier alpha value is -2.33. The van der Waals surface area contributed by atoms with Crippen LogP contribution in [0.1, 0.15) is 23.2 Å². The van der Waals surface area contributed by atoms with Crippen LogP contribution in [0.3, 0.4) is 0 Å². The summed E-state index contributed by atoms with van der Waals surface area (Å²) in [6, 6.07) is 20.1. The molecule has 1 heterocycles. The van der Waals surface area contributed by atoms with Gasteiger partial charge in [0.25, 0.3) is 5.91 Å². The first-order valence-electron chi connectivity index (χ1n) is 7.74. The molecule has 0 radical (unpaired) electrons. The summed E-state index contributed by atoms with van der Waals surface area (Å²) in [6.07, 6.45) is 2.04. The van der Waals surface area contributed by atoms with E-state index in [4.69, 9.17) is 0 Å². The largest absolute Gasteiger partial charge is 0.382 e. The van der Waals surface area contributed by atoms with Crippen molar-refractivity contribution >= 4 is 11.6 Å². The fourth-order valence-electron chi connectivity index (χ4n) is 2.70. The Morgan fingerprint density at radius 2 is 1.50 bits per heavy atom. The van der Waals surface area contributed by atoms with Crippen molar-refractivity contribution in [1.82, 2.24) is 10.4 Å². The SMILES string of the molecule is O=C(NN1CCC(Nc2ccccc2)CC1)c1ccccc1. The van der Waals surface area contributed by atoms with Gasteiger partial charge in [0.2, 0.25) is 0 Å². The lowest BCUT2D eigenvalue weighted by atomic mass is 10.1. The van der Waals surface area contributed by atoms with Gasteiger partial charge < -0.3 is 5.32 Å². The molecule has 2 aromatic rings. The molecule has 1 fully saturated rings. The summed E-state index contributed by atoms with van der Waals surface area (Å²) in [5.74, 6) is -0.0323. The number of piperidine rings is 1. The summed E-state index contributed by atoms with van der Waals surface area (Å²) in [5.41, 5.74) is 4.85. The molecular formula is C18H21N3O. The summed E-state index contributed by atoms with van der Waals surface area (Å²) in [6.45, 7) is 1.73. The number of rotatable bonds is 4. The molecular weight excluding hydrogens is 274 g/mol. The van der Waals surface area contributed by atoms with Crippen molar-refractivity contribution in [3.63, 3.8) is 0 Å². The quantitative estimate of drug-likeness (QED) is 0.911. The number of nitrogens with zero attached hydrogens (tertiary/aromatic N) is 1. The molecule has 2 N–H and O–H groups in total. The van der Waals surface area contributed by atoms with Crippen LogP contribution in [0.2, 0.25) is 0 Å². The van der Waals surface area contributed by atoms with E-state index in [0.717, 1.165) is 31.6 Å². The molecule has 0 saturated carbocycles. The van der Waals surface area contributed by atoms with Crippen LogP contribution < -0.4 is 10.7 Å². The molecule has 0 bridgehead atoms. The number of amides is 1. The Morgan fingerprint density at radius 1 is 0.909 bits per heavy atom. The van der Waals surface area contributed by atoms with E-state index in [-0.39, 0.29) is 5.91 Å². The molecule has 2 aromatic carbocycles. The minimum absolute atomic E-state index is 0.0323. The Bertz CT molecular complexity index is 592. The van der Waals surface area contributed by atoms with Crippen molar-refractivity contribution in [3.8, 4) is 0 Å². The van der Waals surface area contributed by atoms with Crippen molar-refractivity contribution in [2.75, 3.05) is 18.4 Å². The van der Waals surface area contributed by atoms with Crippen LogP contribution >= 0.6 is 0 Å². The van der Waals surface area contributed by atoms with E-state index < -0.39 is 0 Å². The predicted octanol–water partition coefficient (Wildman–Crippen LogP) is 2.91. The first kappa shape index (κ1) is 14.6. The van der Waals surface area contributed by atoms with Crippen molar-refractivity contribution in [2.24, 2.45) is 0 Å². The second-order valence-corrected chi connectivity index (χ2v) is 5.58. The van der Waals surface area contributed by atoms with E-state index in [1.165, 1.54) is 0 Å². The number of benzene rings is 2. The predicted molar refractivity (Wildman–Crippen MR) is 88.6 cm³/mol. The van der Waals surface area contributed by atoms with Gasteiger partial charge in [0.1, 0.15) is 0 Å². The average Bonchev–Trinajstić information content (AvgIpc) is 2.58. The lowest BCUT2D eigenvalue weighted by Crippen LogP contribution is -2.48. The number of anilines is 1. The van der Waals surface area contributed by atoms with Crippen LogP contribution in [0.25, 0.3) is 0 Å². The maximum Gasteiger partial charge on any atom is 0.265 e. The van der Waals surface area contributed by atoms with Gasteiger partial charge in [-0.3, -0.25) is 10.2 Å². The van der Waals surface area contributed by atoms with E-state index in [1.807, 2.05) is 53.5 Å². The first-order chi connectivity index (χ1) is 10.8. The van der Waals surface area contributed by atoms with Gasteiger partial charge >= 0.3 is 0 Å². The number of hydrazine groups is 1. The standard InChI is InChI=1S/C18H21N3O/c22-18(15-7-3-1-4-8-15)20-21-13-11-17(12-14-21)19-16-9-5-2-6-10-16/h1-10,17,19H,11-14H2,(H,20,22). The minimum atomic E-state index is -0.0323. The van der Waals surface area contributed by atoms with E-state index in [9.17, 15) is 4.79 Å². The Balaban J connectivity index is 1.47. The fourth-order valence-corrected chi connectivity index (χ4v) is 2.70. The van der Waals surface area contributed by atoms with Gasteiger partial charge in [-0.1, -0.05) is 36.4 Å². The van der Waals surface area contributed by atoms with E-state index in [0.29, 0.717) is 11.6 Å². The molecule has 0 aliphatic carbocycles. The summed E-state index contributed by atoms with van der Waals surface area (Å²) >= 11 is 0. The third kappa shape index (κ3) is 3.86. The Morgan fingerprint density at radius 3 is 2.14 bits per heavy atom. The maximum absolute atomic E-state index is 12.1. The van der Waals surface area contributed by atoms with Crippen molar-refractivity contribution in [1.29, 1.82) is 0 Å². The molecule has 22 heavy (non-hydrogen) atoms. The third-order valence-electron chi connectivity index (χ3n) is 3.94. The summed E-state index contributed by atoms with van der Waals surface area (Å²) in [4.78, 5) is 12.1. The highest BCUT2D eigenvalue weighted by molar-refractivity contribution is 5.93. The average molecular weight is 295 g/mol. The Kier molecular flexibility index (Phi) is 4.71. The molecule has 1 amide bonds. The highest BCUT2D eigenvalue weighted by Gasteiger charge is 2.20. The molecule has 0 atom stereocenters. The van der Waals surface area contributed by atoms with Gasteiger partial charge in [-0.15, -0.1) is 0 Å². The first-order valence-corrected chi connectivity index (χ1v) is 7.74. The Labute approximate surface area is 131 Å². The molecule has 1 aliphatic heterocycles. The normalized spacial score (nSPS) is 16.2. The van der Waals surface area contributed by atoms with E-state index in [1.54, 1.807) is 0 Å². The lowest BCUT2D eigenvalue weighted by molar-refractivity contribution is 0.0741. The second kappa shape index (κ2) is 7.09. The molecule has 1 saturated heterocycles. The summed E-state index contributed by atoms with van der Waals surface area (Å²) < 4.78 is 0. The maximum atomic E-state index is 12.1. The van der Waals surface area contributed by atoms with Crippen LogP contribution in [-0.2, 0) is 0 Å². The van der Waals surface area contributed by atoms with Gasteiger partial charge in [0.05, 0.1) is 0 Å². The summed E-state index contributed by atoms with van der Waals surface area (Å²) in [7, 11) is 0. The highest BCUT2D eigenvalue weighted by atomic mass is 16.2. The topological polar surface area (TPSA) is 44.4 Å². The number of carbonyl (C=O) groups excluding carboxylic acids is 1. The molecule has 4 heteroatoms. The number of hydrogen-bond donors (Lipinski definition) is 2. The van der Waals surface area contributed by atoms with Crippen molar-refractivity contribution in [3.05, 3.63) is 66.2 Å². The molecule has 3 rings (SSSR count). The number of hydrogen-bond acceptors (Lipinski definition) is 3.